The van der Waals surface area contributed by atoms with Crippen LogP contribution in [0.1, 0.15) is 24.8 Å². The average molecular weight is 532 g/mol. The molecule has 0 bridgehead atoms. The van der Waals surface area contributed by atoms with Gasteiger partial charge in [-0.3, -0.25) is 14.5 Å². The van der Waals surface area contributed by atoms with Crippen molar-refractivity contribution in [1.82, 2.24) is 4.90 Å². The summed E-state index contributed by atoms with van der Waals surface area (Å²) in [7, 11) is 3.51. The standard InChI is InChI=1S/C27H30ClNO8/c1-16(30)35-14-20-18(8-9-29(20)2)25-24(36-15-34-11-10-33-3)13-22(32)26-21(31)12-23(37-27(25)26)17-6-4-5-7-19(17)28/h4-7,12-13,18,20,32H,8-11,14-15H2,1-3H3/t18-,20+/m0/s1. The van der Waals surface area contributed by atoms with E-state index in [1.165, 1.54) is 19.1 Å². The number of likely N-dealkylation sites (tertiary alicyclic amines) is 1. The molecule has 2 aromatic carbocycles. The number of halogens is 1. The molecule has 4 rings (SSSR count). The van der Waals surface area contributed by atoms with Gasteiger partial charge in [-0.25, -0.2) is 0 Å². The molecule has 198 valence electrons. The Balaban J connectivity index is 1.88. The minimum atomic E-state index is -0.416. The minimum absolute atomic E-state index is 0.0410. The number of fused-ring (bicyclic) bond motifs is 1. The van der Waals surface area contributed by atoms with Gasteiger partial charge in [-0.2, -0.15) is 0 Å². The SMILES string of the molecule is COCCOCOc1cc(O)c2c(=O)cc(-c3ccccc3Cl)oc2c1[C@H]1CCN(C)[C@@H]1COC(C)=O. The van der Waals surface area contributed by atoms with Gasteiger partial charge in [-0.1, -0.05) is 23.7 Å². The summed E-state index contributed by atoms with van der Waals surface area (Å²) >= 11 is 6.40. The summed E-state index contributed by atoms with van der Waals surface area (Å²) in [4.78, 5) is 26.9. The van der Waals surface area contributed by atoms with Gasteiger partial charge < -0.3 is 28.5 Å². The number of carbonyl (C=O) groups excluding carboxylic acids is 1. The van der Waals surface area contributed by atoms with E-state index in [9.17, 15) is 14.7 Å². The zero-order valence-corrected chi connectivity index (χ0v) is 21.7. The molecule has 0 unspecified atom stereocenters. The maximum absolute atomic E-state index is 13.3. The van der Waals surface area contributed by atoms with Gasteiger partial charge in [0.15, 0.2) is 12.2 Å². The van der Waals surface area contributed by atoms with Crippen molar-refractivity contribution < 1.29 is 33.3 Å². The van der Waals surface area contributed by atoms with E-state index < -0.39 is 5.43 Å². The van der Waals surface area contributed by atoms with Gasteiger partial charge in [0.2, 0.25) is 0 Å². The van der Waals surface area contributed by atoms with Crippen LogP contribution >= 0.6 is 11.6 Å². The summed E-state index contributed by atoms with van der Waals surface area (Å²) in [5.41, 5.74) is 0.918. The topological polar surface area (TPSA) is 108 Å². The fourth-order valence-electron chi connectivity index (χ4n) is 4.67. The number of esters is 1. The number of phenols is 1. The maximum atomic E-state index is 13.3. The molecule has 2 atom stereocenters. The van der Waals surface area contributed by atoms with Crippen molar-refractivity contribution in [3.8, 4) is 22.8 Å². The lowest BCUT2D eigenvalue weighted by atomic mass is 9.89. The molecule has 1 aliphatic rings. The second-order valence-corrected chi connectivity index (χ2v) is 9.28. The molecule has 3 aromatic rings. The van der Waals surface area contributed by atoms with Crippen LogP contribution in [0.2, 0.25) is 5.02 Å². The number of benzene rings is 2. The van der Waals surface area contributed by atoms with Gasteiger partial charge >= 0.3 is 5.97 Å². The number of nitrogens with zero attached hydrogens (tertiary/aromatic N) is 1. The second kappa shape index (κ2) is 12.0. The first kappa shape index (κ1) is 26.9. The number of hydrogen-bond acceptors (Lipinski definition) is 9. The summed E-state index contributed by atoms with van der Waals surface area (Å²) < 4.78 is 28.1. The Kier molecular flexibility index (Phi) is 8.71. The van der Waals surface area contributed by atoms with E-state index in [2.05, 4.69) is 4.90 Å². The van der Waals surface area contributed by atoms with E-state index >= 15 is 0 Å². The third-order valence-electron chi connectivity index (χ3n) is 6.50. The fourth-order valence-corrected chi connectivity index (χ4v) is 4.90. The monoisotopic (exact) mass is 531 g/mol. The molecule has 9 nitrogen and oxygen atoms in total. The Bertz CT molecular complexity index is 1320. The van der Waals surface area contributed by atoms with Crippen LogP contribution in [0.5, 0.6) is 11.5 Å². The molecule has 0 radical (unpaired) electrons. The molecular formula is C27H30ClNO8. The van der Waals surface area contributed by atoms with Crippen molar-refractivity contribution >= 4 is 28.5 Å². The molecule has 1 aromatic heterocycles. The Hall–Kier alpha value is -3.11. The molecular weight excluding hydrogens is 502 g/mol. The van der Waals surface area contributed by atoms with Gasteiger partial charge in [0.25, 0.3) is 0 Å². The van der Waals surface area contributed by atoms with E-state index in [1.54, 1.807) is 31.4 Å². The predicted octanol–water partition coefficient (Wildman–Crippen LogP) is 4.17. The second-order valence-electron chi connectivity index (χ2n) is 8.88. The molecule has 10 heteroatoms. The van der Waals surface area contributed by atoms with Crippen LogP contribution in [-0.4, -0.2) is 69.3 Å². The quantitative estimate of drug-likeness (QED) is 0.234. The highest BCUT2D eigenvalue weighted by Gasteiger charge is 2.38. The number of ether oxygens (including phenoxy) is 4. The van der Waals surface area contributed by atoms with Gasteiger partial charge in [-0.05, 0) is 32.1 Å². The zero-order chi connectivity index (χ0) is 26.5. The zero-order valence-electron chi connectivity index (χ0n) is 21.0. The van der Waals surface area contributed by atoms with Crippen molar-refractivity contribution in [3.63, 3.8) is 0 Å². The van der Waals surface area contributed by atoms with E-state index in [0.29, 0.717) is 41.5 Å². The molecule has 1 N–H and O–H groups in total. The number of hydrogen-bond donors (Lipinski definition) is 1. The van der Waals surface area contributed by atoms with E-state index in [4.69, 9.17) is 35.0 Å². The van der Waals surface area contributed by atoms with Gasteiger partial charge in [-0.15, -0.1) is 0 Å². The number of likely N-dealkylation sites (N-methyl/N-ethyl adjacent to an activating group) is 1. The van der Waals surface area contributed by atoms with Crippen molar-refractivity contribution in [1.29, 1.82) is 0 Å². The first-order valence-electron chi connectivity index (χ1n) is 11.9. The smallest absolute Gasteiger partial charge is 0.302 e. The molecule has 0 amide bonds. The fraction of sp³-hybridized carbons (Fsp3) is 0.407. The maximum Gasteiger partial charge on any atom is 0.302 e. The molecule has 1 aliphatic heterocycles. The molecule has 0 aliphatic carbocycles. The number of rotatable bonds is 10. The van der Waals surface area contributed by atoms with Gasteiger partial charge in [0, 0.05) is 43.2 Å². The van der Waals surface area contributed by atoms with Crippen molar-refractivity contribution in [2.45, 2.75) is 25.3 Å². The van der Waals surface area contributed by atoms with Crippen LogP contribution < -0.4 is 10.2 Å². The Morgan fingerprint density at radius 3 is 2.76 bits per heavy atom. The van der Waals surface area contributed by atoms with Crippen LogP contribution in [0, 0.1) is 0 Å². The lowest BCUT2D eigenvalue weighted by molar-refractivity contribution is -0.142. The van der Waals surface area contributed by atoms with E-state index in [1.807, 2.05) is 7.05 Å². The highest BCUT2D eigenvalue weighted by molar-refractivity contribution is 6.33. The lowest BCUT2D eigenvalue weighted by Crippen LogP contribution is -2.34. The third kappa shape index (κ3) is 5.91. The predicted molar refractivity (Wildman–Crippen MR) is 138 cm³/mol. The molecule has 0 spiro atoms. The number of aromatic hydroxyl groups is 1. The lowest BCUT2D eigenvalue weighted by Gasteiger charge is -2.27. The largest absolute Gasteiger partial charge is 0.507 e. The number of carbonyl (C=O) groups is 1. The Morgan fingerprint density at radius 2 is 2.03 bits per heavy atom. The van der Waals surface area contributed by atoms with Crippen molar-refractivity contribution in [2.24, 2.45) is 0 Å². The Labute approximate surface area is 219 Å². The van der Waals surface area contributed by atoms with E-state index in [0.717, 1.165) is 6.54 Å². The minimum Gasteiger partial charge on any atom is -0.507 e. The van der Waals surface area contributed by atoms with Gasteiger partial charge in [0.05, 0.1) is 24.3 Å². The number of methoxy groups -OCH3 is 1. The summed E-state index contributed by atoms with van der Waals surface area (Å²) in [5, 5.41) is 11.3. The van der Waals surface area contributed by atoms with Crippen LogP contribution in [0.4, 0.5) is 0 Å². The number of phenolic OH excluding ortho intramolecular Hbond substituents is 1. The normalized spacial score (nSPS) is 17.8. The molecule has 37 heavy (non-hydrogen) atoms. The van der Waals surface area contributed by atoms with Crippen LogP contribution in [-0.2, 0) is 19.0 Å². The summed E-state index contributed by atoms with van der Waals surface area (Å²) in [6.07, 6.45) is 0.684. The molecule has 1 saturated heterocycles. The first-order valence-corrected chi connectivity index (χ1v) is 12.3. The van der Waals surface area contributed by atoms with Crippen LogP contribution in [0.3, 0.4) is 0 Å². The first-order chi connectivity index (χ1) is 17.8. The molecule has 2 heterocycles. The van der Waals surface area contributed by atoms with Crippen molar-refractivity contribution in [2.75, 3.05) is 47.3 Å². The summed E-state index contributed by atoms with van der Waals surface area (Å²) in [6.45, 7) is 2.84. The van der Waals surface area contributed by atoms with E-state index in [-0.39, 0.29) is 53.8 Å². The third-order valence-corrected chi connectivity index (χ3v) is 6.83. The highest BCUT2D eigenvalue weighted by atomic mass is 35.5. The van der Waals surface area contributed by atoms with Crippen molar-refractivity contribution in [3.05, 3.63) is 57.2 Å². The molecule has 0 saturated carbocycles. The molecule has 1 fully saturated rings. The van der Waals surface area contributed by atoms with Crippen LogP contribution in [0.15, 0.2) is 45.6 Å². The average Bonchev–Trinajstić information content (AvgIpc) is 3.22. The highest BCUT2D eigenvalue weighted by Crippen LogP contribution is 2.45. The summed E-state index contributed by atoms with van der Waals surface area (Å²) in [5.74, 6) is -0.306. The Morgan fingerprint density at radius 1 is 1.24 bits per heavy atom. The van der Waals surface area contributed by atoms with Crippen LogP contribution in [0.25, 0.3) is 22.3 Å². The summed E-state index contributed by atoms with van der Waals surface area (Å²) in [6, 6.07) is 9.55. The van der Waals surface area contributed by atoms with Gasteiger partial charge in [0.1, 0.15) is 34.8 Å².